The van der Waals surface area contributed by atoms with Crippen LogP contribution in [0.3, 0.4) is 0 Å². The SMILES string of the molecule is Cc1cc(Br)cc(C)c1NCC(=O)N(C)C. The van der Waals surface area contributed by atoms with E-state index in [0.717, 1.165) is 21.3 Å². The van der Waals surface area contributed by atoms with E-state index in [1.54, 1.807) is 19.0 Å². The largest absolute Gasteiger partial charge is 0.376 e. The van der Waals surface area contributed by atoms with Crippen molar-refractivity contribution in [2.24, 2.45) is 0 Å². The van der Waals surface area contributed by atoms with Gasteiger partial charge >= 0.3 is 0 Å². The minimum Gasteiger partial charge on any atom is -0.376 e. The molecule has 16 heavy (non-hydrogen) atoms. The fourth-order valence-electron chi connectivity index (χ4n) is 1.51. The molecule has 0 fully saturated rings. The van der Waals surface area contributed by atoms with Crippen LogP contribution in [0.4, 0.5) is 5.69 Å². The van der Waals surface area contributed by atoms with E-state index in [4.69, 9.17) is 0 Å². The molecule has 4 heteroatoms. The number of anilines is 1. The predicted octanol–water partition coefficient (Wildman–Crippen LogP) is 2.57. The van der Waals surface area contributed by atoms with Gasteiger partial charge in [0.2, 0.25) is 5.91 Å². The standard InChI is InChI=1S/C12H17BrN2O/c1-8-5-10(13)6-9(2)12(8)14-7-11(16)15(3)4/h5-6,14H,7H2,1-4H3. The molecule has 88 valence electrons. The lowest BCUT2D eigenvalue weighted by Crippen LogP contribution is -2.28. The number of nitrogens with one attached hydrogen (secondary N) is 1. The van der Waals surface area contributed by atoms with Crippen LogP contribution in [0.2, 0.25) is 0 Å². The first-order valence-corrected chi connectivity index (χ1v) is 5.92. The lowest BCUT2D eigenvalue weighted by molar-refractivity contribution is -0.126. The summed E-state index contributed by atoms with van der Waals surface area (Å²) in [4.78, 5) is 13.0. The topological polar surface area (TPSA) is 32.3 Å². The second-order valence-corrected chi connectivity index (χ2v) is 4.97. The highest BCUT2D eigenvalue weighted by molar-refractivity contribution is 9.10. The number of rotatable bonds is 3. The van der Waals surface area contributed by atoms with Crippen LogP contribution < -0.4 is 5.32 Å². The molecule has 0 aliphatic carbocycles. The summed E-state index contributed by atoms with van der Waals surface area (Å²) in [5.41, 5.74) is 3.32. The Morgan fingerprint density at radius 3 is 2.25 bits per heavy atom. The number of carbonyl (C=O) groups excluding carboxylic acids is 1. The van der Waals surface area contributed by atoms with Gasteiger partial charge in [0.1, 0.15) is 0 Å². The molecular weight excluding hydrogens is 268 g/mol. The van der Waals surface area contributed by atoms with Gasteiger partial charge in [0.05, 0.1) is 6.54 Å². The van der Waals surface area contributed by atoms with Crippen LogP contribution in [0.5, 0.6) is 0 Å². The van der Waals surface area contributed by atoms with E-state index in [1.807, 2.05) is 26.0 Å². The van der Waals surface area contributed by atoms with Gasteiger partial charge in [-0.15, -0.1) is 0 Å². The summed E-state index contributed by atoms with van der Waals surface area (Å²) in [5.74, 6) is 0.0710. The first-order chi connectivity index (χ1) is 7.41. The molecule has 3 nitrogen and oxygen atoms in total. The zero-order valence-electron chi connectivity index (χ0n) is 10.1. The number of hydrogen-bond donors (Lipinski definition) is 1. The third-order valence-electron chi connectivity index (χ3n) is 2.41. The Morgan fingerprint density at radius 2 is 1.81 bits per heavy atom. The van der Waals surface area contributed by atoms with Gasteiger partial charge < -0.3 is 10.2 Å². The van der Waals surface area contributed by atoms with Crippen molar-refractivity contribution in [2.45, 2.75) is 13.8 Å². The van der Waals surface area contributed by atoms with Gasteiger partial charge in [0.15, 0.2) is 0 Å². The van der Waals surface area contributed by atoms with Gasteiger partial charge in [-0.25, -0.2) is 0 Å². The molecule has 0 atom stereocenters. The Balaban J connectivity index is 2.78. The number of carbonyl (C=O) groups is 1. The number of amides is 1. The molecule has 0 heterocycles. The van der Waals surface area contributed by atoms with Crippen molar-refractivity contribution in [3.63, 3.8) is 0 Å². The van der Waals surface area contributed by atoms with E-state index in [2.05, 4.69) is 21.2 Å². The molecule has 0 aromatic heterocycles. The molecule has 1 aromatic carbocycles. The summed E-state index contributed by atoms with van der Waals surface area (Å²) < 4.78 is 1.06. The number of hydrogen-bond acceptors (Lipinski definition) is 2. The molecule has 0 aliphatic heterocycles. The van der Waals surface area contributed by atoms with Crippen molar-refractivity contribution in [2.75, 3.05) is 26.0 Å². The van der Waals surface area contributed by atoms with Crippen molar-refractivity contribution < 1.29 is 4.79 Å². The summed E-state index contributed by atoms with van der Waals surface area (Å²) in [6, 6.07) is 4.07. The van der Waals surface area contributed by atoms with E-state index >= 15 is 0 Å². The van der Waals surface area contributed by atoms with E-state index in [9.17, 15) is 4.79 Å². The number of likely N-dealkylation sites (N-methyl/N-ethyl adjacent to an activating group) is 1. The molecule has 0 aliphatic rings. The second-order valence-electron chi connectivity index (χ2n) is 4.06. The van der Waals surface area contributed by atoms with Gasteiger partial charge in [0, 0.05) is 24.3 Å². The molecule has 0 radical (unpaired) electrons. The zero-order valence-corrected chi connectivity index (χ0v) is 11.7. The second kappa shape index (κ2) is 5.34. The Bertz CT molecular complexity index is 379. The third kappa shape index (κ3) is 3.23. The lowest BCUT2D eigenvalue weighted by atomic mass is 10.1. The number of benzene rings is 1. The van der Waals surface area contributed by atoms with Crippen LogP contribution in [0.25, 0.3) is 0 Å². The van der Waals surface area contributed by atoms with Crippen LogP contribution in [0.1, 0.15) is 11.1 Å². The van der Waals surface area contributed by atoms with Gasteiger partial charge in [-0.3, -0.25) is 4.79 Å². The quantitative estimate of drug-likeness (QED) is 0.925. The van der Waals surface area contributed by atoms with E-state index in [1.165, 1.54) is 0 Å². The average molecular weight is 285 g/mol. The maximum atomic E-state index is 11.5. The van der Waals surface area contributed by atoms with Crippen LogP contribution >= 0.6 is 15.9 Å². The van der Waals surface area contributed by atoms with E-state index in [0.29, 0.717) is 6.54 Å². The molecule has 0 unspecified atom stereocenters. The number of aryl methyl sites for hydroxylation is 2. The Morgan fingerprint density at radius 1 is 1.31 bits per heavy atom. The van der Waals surface area contributed by atoms with Gasteiger partial charge in [-0.1, -0.05) is 15.9 Å². The summed E-state index contributed by atoms with van der Waals surface area (Å²) in [7, 11) is 3.51. The molecule has 0 saturated carbocycles. The molecule has 1 rings (SSSR count). The van der Waals surface area contributed by atoms with Crippen LogP contribution in [-0.4, -0.2) is 31.4 Å². The molecule has 0 spiro atoms. The minimum atomic E-state index is 0.0710. The number of nitrogens with zero attached hydrogens (tertiary/aromatic N) is 1. The first kappa shape index (κ1) is 13.0. The maximum Gasteiger partial charge on any atom is 0.241 e. The lowest BCUT2D eigenvalue weighted by Gasteiger charge is -2.15. The highest BCUT2D eigenvalue weighted by atomic mass is 79.9. The molecule has 1 N–H and O–H groups in total. The Hall–Kier alpha value is -1.03. The Labute approximate surface area is 105 Å². The number of halogens is 1. The predicted molar refractivity (Wildman–Crippen MR) is 70.8 cm³/mol. The van der Waals surface area contributed by atoms with Crippen molar-refractivity contribution in [1.29, 1.82) is 0 Å². The monoisotopic (exact) mass is 284 g/mol. The van der Waals surface area contributed by atoms with E-state index in [-0.39, 0.29) is 5.91 Å². The van der Waals surface area contributed by atoms with Crippen molar-refractivity contribution in [3.05, 3.63) is 27.7 Å². The molecular formula is C12H17BrN2O. The molecule has 1 aromatic rings. The average Bonchev–Trinajstić information content (AvgIpc) is 2.15. The summed E-state index contributed by atoms with van der Waals surface area (Å²) in [6.07, 6.45) is 0. The normalized spacial score (nSPS) is 10.1. The van der Waals surface area contributed by atoms with E-state index < -0.39 is 0 Å². The van der Waals surface area contributed by atoms with Crippen molar-refractivity contribution in [3.8, 4) is 0 Å². The van der Waals surface area contributed by atoms with Gasteiger partial charge in [-0.05, 0) is 37.1 Å². The van der Waals surface area contributed by atoms with Gasteiger partial charge in [0.25, 0.3) is 0 Å². The smallest absolute Gasteiger partial charge is 0.241 e. The third-order valence-corrected chi connectivity index (χ3v) is 2.87. The fraction of sp³-hybridized carbons (Fsp3) is 0.417. The molecule has 0 bridgehead atoms. The Kier molecular flexibility index (Phi) is 4.35. The zero-order chi connectivity index (χ0) is 12.3. The first-order valence-electron chi connectivity index (χ1n) is 5.12. The van der Waals surface area contributed by atoms with Crippen LogP contribution in [-0.2, 0) is 4.79 Å². The minimum absolute atomic E-state index is 0.0710. The van der Waals surface area contributed by atoms with Gasteiger partial charge in [-0.2, -0.15) is 0 Å². The summed E-state index contributed by atoms with van der Waals surface area (Å²) in [5, 5.41) is 3.18. The van der Waals surface area contributed by atoms with Crippen molar-refractivity contribution in [1.82, 2.24) is 4.90 Å². The van der Waals surface area contributed by atoms with Crippen LogP contribution in [0.15, 0.2) is 16.6 Å². The van der Waals surface area contributed by atoms with Crippen molar-refractivity contribution >= 4 is 27.5 Å². The summed E-state index contributed by atoms with van der Waals surface area (Å²) in [6.45, 7) is 4.39. The maximum absolute atomic E-state index is 11.5. The molecule has 0 saturated heterocycles. The highest BCUT2D eigenvalue weighted by Crippen LogP contribution is 2.24. The summed E-state index contributed by atoms with van der Waals surface area (Å²) >= 11 is 3.45. The fourth-order valence-corrected chi connectivity index (χ4v) is 2.20. The molecule has 1 amide bonds. The van der Waals surface area contributed by atoms with Crippen LogP contribution in [0, 0.1) is 13.8 Å². The highest BCUT2D eigenvalue weighted by Gasteiger charge is 2.07.